The molecule has 152 valence electrons. The molecule has 0 aromatic heterocycles. The average Bonchev–Trinajstić information content (AvgIpc) is 3.14. The van der Waals surface area contributed by atoms with Gasteiger partial charge in [-0.05, 0) is 55.5 Å². The fourth-order valence-corrected chi connectivity index (χ4v) is 5.05. The Labute approximate surface area is 172 Å². The van der Waals surface area contributed by atoms with Gasteiger partial charge < -0.3 is 19.4 Å². The van der Waals surface area contributed by atoms with Gasteiger partial charge in [0.05, 0.1) is 18.9 Å². The number of hydrogen-bond acceptors (Lipinski definition) is 4. The van der Waals surface area contributed by atoms with E-state index in [9.17, 15) is 4.79 Å². The monoisotopic (exact) mass is 391 g/mol. The quantitative estimate of drug-likeness (QED) is 0.787. The van der Waals surface area contributed by atoms with Crippen LogP contribution in [0.3, 0.4) is 0 Å². The van der Waals surface area contributed by atoms with Gasteiger partial charge in [0.1, 0.15) is 0 Å². The molecule has 0 radical (unpaired) electrons. The predicted molar refractivity (Wildman–Crippen MR) is 116 cm³/mol. The Balaban J connectivity index is 1.34. The third kappa shape index (κ3) is 3.60. The molecule has 3 heterocycles. The molecule has 3 aliphatic heterocycles. The normalized spacial score (nSPS) is 27.1. The van der Waals surface area contributed by atoms with Crippen molar-refractivity contribution in [2.24, 2.45) is 5.92 Å². The molecule has 2 unspecified atom stereocenters. The van der Waals surface area contributed by atoms with E-state index in [0.29, 0.717) is 25.2 Å². The van der Waals surface area contributed by atoms with Crippen LogP contribution in [0.25, 0.3) is 0 Å². The molecule has 0 N–H and O–H groups in total. The van der Waals surface area contributed by atoms with Crippen molar-refractivity contribution in [2.75, 3.05) is 42.6 Å². The topological polar surface area (TPSA) is 36.0 Å². The summed E-state index contributed by atoms with van der Waals surface area (Å²) in [7, 11) is 0. The highest BCUT2D eigenvalue weighted by molar-refractivity contribution is 6.06. The highest BCUT2D eigenvalue weighted by Crippen LogP contribution is 2.36. The standard InChI is InChI=1S/C24H29N3O2/c28-24-23(25-15-17-29-18-16-25)8-4-14-27(24)21-11-9-20(10-12-21)26-13-2-1-5-19-6-3-7-22(19)26/h1-2,5,8-13,19,22H,3-4,6-7,14-18H2. The predicted octanol–water partition coefficient (Wildman–Crippen LogP) is 3.70. The average molecular weight is 392 g/mol. The molecule has 1 saturated heterocycles. The summed E-state index contributed by atoms with van der Waals surface area (Å²) in [6.45, 7) is 3.72. The Morgan fingerprint density at radius 3 is 2.55 bits per heavy atom. The van der Waals surface area contributed by atoms with Gasteiger partial charge in [-0.15, -0.1) is 0 Å². The van der Waals surface area contributed by atoms with Gasteiger partial charge in [-0.2, -0.15) is 0 Å². The lowest BCUT2D eigenvalue weighted by molar-refractivity contribution is -0.117. The molecule has 5 heteroatoms. The van der Waals surface area contributed by atoms with Gasteiger partial charge in [0.15, 0.2) is 0 Å². The van der Waals surface area contributed by atoms with E-state index in [2.05, 4.69) is 64.6 Å². The maximum absolute atomic E-state index is 13.2. The van der Waals surface area contributed by atoms with Gasteiger partial charge >= 0.3 is 0 Å². The molecule has 5 rings (SSSR count). The Morgan fingerprint density at radius 2 is 1.72 bits per heavy atom. The van der Waals surface area contributed by atoms with Crippen molar-refractivity contribution >= 4 is 17.3 Å². The minimum absolute atomic E-state index is 0.112. The van der Waals surface area contributed by atoms with Gasteiger partial charge in [-0.25, -0.2) is 0 Å². The molecule has 5 nitrogen and oxygen atoms in total. The fraction of sp³-hybridized carbons (Fsp3) is 0.458. The Kier molecular flexibility index (Phi) is 5.15. The van der Waals surface area contributed by atoms with E-state index in [4.69, 9.17) is 4.74 Å². The van der Waals surface area contributed by atoms with Gasteiger partial charge in [0.25, 0.3) is 5.91 Å². The number of anilines is 2. The number of allylic oxidation sites excluding steroid dienone is 2. The molecule has 0 bridgehead atoms. The van der Waals surface area contributed by atoms with E-state index in [0.717, 1.165) is 37.4 Å². The van der Waals surface area contributed by atoms with Crippen molar-refractivity contribution < 1.29 is 9.53 Å². The molecular weight excluding hydrogens is 362 g/mol. The molecule has 1 aromatic carbocycles. The second-order valence-electron chi connectivity index (χ2n) is 8.25. The summed E-state index contributed by atoms with van der Waals surface area (Å²) >= 11 is 0. The molecule has 1 saturated carbocycles. The minimum atomic E-state index is 0.112. The lowest BCUT2D eigenvalue weighted by Crippen LogP contribution is -2.45. The molecule has 4 aliphatic rings. The van der Waals surface area contributed by atoms with Gasteiger partial charge in [-0.3, -0.25) is 4.79 Å². The lowest BCUT2D eigenvalue weighted by Gasteiger charge is -2.36. The van der Waals surface area contributed by atoms with E-state index in [1.165, 1.54) is 24.9 Å². The van der Waals surface area contributed by atoms with Crippen molar-refractivity contribution in [3.8, 4) is 0 Å². The van der Waals surface area contributed by atoms with Gasteiger partial charge in [0.2, 0.25) is 0 Å². The Morgan fingerprint density at radius 1 is 0.931 bits per heavy atom. The van der Waals surface area contributed by atoms with Gasteiger partial charge in [-0.1, -0.05) is 24.6 Å². The zero-order chi connectivity index (χ0) is 19.6. The number of fused-ring (bicyclic) bond motifs is 1. The summed E-state index contributed by atoms with van der Waals surface area (Å²) in [5, 5.41) is 0. The van der Waals surface area contributed by atoms with Crippen molar-refractivity contribution in [2.45, 2.75) is 31.7 Å². The summed E-state index contributed by atoms with van der Waals surface area (Å²) in [6.07, 6.45) is 15.7. The second kappa shape index (κ2) is 8.07. The summed E-state index contributed by atoms with van der Waals surface area (Å²) in [5.74, 6) is 0.746. The van der Waals surface area contributed by atoms with Crippen LogP contribution in [0.1, 0.15) is 25.7 Å². The SMILES string of the molecule is O=C1C(N2CCOCC2)=CCCN1c1ccc(N2C=CC=CC3CCCC32)cc1. The summed E-state index contributed by atoms with van der Waals surface area (Å²) in [6, 6.07) is 9.08. The van der Waals surface area contributed by atoms with Crippen molar-refractivity contribution in [1.29, 1.82) is 0 Å². The van der Waals surface area contributed by atoms with Crippen LogP contribution >= 0.6 is 0 Å². The first-order valence-corrected chi connectivity index (χ1v) is 10.9. The Bertz CT molecular complexity index is 836. The molecule has 2 fully saturated rings. The van der Waals surface area contributed by atoms with Crippen molar-refractivity contribution in [1.82, 2.24) is 4.90 Å². The maximum Gasteiger partial charge on any atom is 0.274 e. The largest absolute Gasteiger partial charge is 0.378 e. The first kappa shape index (κ1) is 18.5. The van der Waals surface area contributed by atoms with Gasteiger partial charge in [0, 0.05) is 43.3 Å². The summed E-state index contributed by atoms with van der Waals surface area (Å²) < 4.78 is 5.44. The van der Waals surface area contributed by atoms with Crippen LogP contribution in [-0.2, 0) is 9.53 Å². The van der Waals surface area contributed by atoms with Crippen LogP contribution in [-0.4, -0.2) is 49.7 Å². The molecule has 29 heavy (non-hydrogen) atoms. The Hall–Kier alpha value is -2.53. The molecule has 1 amide bonds. The highest BCUT2D eigenvalue weighted by Gasteiger charge is 2.31. The number of carbonyl (C=O) groups excluding carboxylic acids is 1. The van der Waals surface area contributed by atoms with Crippen LogP contribution in [0.5, 0.6) is 0 Å². The third-order valence-electron chi connectivity index (χ3n) is 6.57. The number of nitrogens with zero attached hydrogens (tertiary/aromatic N) is 3. The van der Waals surface area contributed by atoms with E-state index in [1.54, 1.807) is 0 Å². The smallest absolute Gasteiger partial charge is 0.274 e. The third-order valence-corrected chi connectivity index (χ3v) is 6.57. The van der Waals surface area contributed by atoms with Crippen LogP contribution in [0.15, 0.2) is 60.5 Å². The van der Waals surface area contributed by atoms with E-state index in [1.807, 2.05) is 4.90 Å². The number of amides is 1. The number of rotatable bonds is 3. The minimum Gasteiger partial charge on any atom is -0.378 e. The van der Waals surface area contributed by atoms with Crippen LogP contribution < -0.4 is 9.80 Å². The molecule has 0 spiro atoms. The number of ether oxygens (including phenoxy) is 1. The summed E-state index contributed by atoms with van der Waals surface area (Å²) in [4.78, 5) is 19.7. The molecule has 2 atom stereocenters. The number of morpholine rings is 1. The number of carbonyl (C=O) groups is 1. The van der Waals surface area contributed by atoms with Crippen molar-refractivity contribution in [3.63, 3.8) is 0 Å². The van der Waals surface area contributed by atoms with Crippen LogP contribution in [0, 0.1) is 5.92 Å². The van der Waals surface area contributed by atoms with E-state index >= 15 is 0 Å². The van der Waals surface area contributed by atoms with Crippen molar-refractivity contribution in [3.05, 3.63) is 60.5 Å². The zero-order valence-corrected chi connectivity index (χ0v) is 16.9. The number of benzene rings is 1. The molecular formula is C24H29N3O2. The second-order valence-corrected chi connectivity index (χ2v) is 8.25. The van der Waals surface area contributed by atoms with E-state index in [-0.39, 0.29) is 5.91 Å². The fourth-order valence-electron chi connectivity index (χ4n) is 5.05. The number of hydrogen-bond donors (Lipinski definition) is 0. The summed E-state index contributed by atoms with van der Waals surface area (Å²) in [5.41, 5.74) is 3.02. The first-order valence-electron chi connectivity index (χ1n) is 10.9. The zero-order valence-electron chi connectivity index (χ0n) is 16.9. The first-order chi connectivity index (χ1) is 14.3. The van der Waals surface area contributed by atoms with E-state index < -0.39 is 0 Å². The molecule has 1 aliphatic carbocycles. The maximum atomic E-state index is 13.2. The highest BCUT2D eigenvalue weighted by atomic mass is 16.5. The lowest BCUT2D eigenvalue weighted by atomic mass is 10.0. The van der Waals surface area contributed by atoms with Crippen LogP contribution in [0.2, 0.25) is 0 Å². The molecule has 1 aromatic rings. The van der Waals surface area contributed by atoms with Crippen LogP contribution in [0.4, 0.5) is 11.4 Å².